The molecule has 1 aliphatic rings. The molecule has 2 rings (SSSR count). The molecule has 110 valence electrons. The summed E-state index contributed by atoms with van der Waals surface area (Å²) in [5.41, 5.74) is 0.626. The molecule has 0 aromatic heterocycles. The maximum Gasteiger partial charge on any atom is 0.176 e. The Hall–Kier alpha value is -1.43. The summed E-state index contributed by atoms with van der Waals surface area (Å²) in [4.78, 5) is 14.2. The highest BCUT2D eigenvalue weighted by Gasteiger charge is 2.21. The minimum atomic E-state index is 0.0551. The Morgan fingerprint density at radius 1 is 1.25 bits per heavy atom. The Bertz CT molecular complexity index is 424. The summed E-state index contributed by atoms with van der Waals surface area (Å²) in [6, 6.07) is 6.36. The van der Waals surface area contributed by atoms with E-state index in [9.17, 15) is 9.90 Å². The number of aliphatic hydroxyl groups is 1. The van der Waals surface area contributed by atoms with Crippen molar-refractivity contribution >= 4 is 5.78 Å². The van der Waals surface area contributed by atoms with E-state index in [-0.39, 0.29) is 24.2 Å². The fraction of sp³-hybridized carbons (Fsp3) is 0.533. The molecule has 1 aromatic carbocycles. The highest BCUT2D eigenvalue weighted by Crippen LogP contribution is 2.15. The van der Waals surface area contributed by atoms with Crippen LogP contribution in [0.4, 0.5) is 0 Å². The molecular formula is C15H21NO4. The van der Waals surface area contributed by atoms with E-state index < -0.39 is 0 Å². The van der Waals surface area contributed by atoms with Gasteiger partial charge in [-0.25, -0.2) is 0 Å². The molecule has 1 saturated heterocycles. The van der Waals surface area contributed by atoms with Gasteiger partial charge in [-0.1, -0.05) is 0 Å². The van der Waals surface area contributed by atoms with Gasteiger partial charge in [0.05, 0.1) is 25.9 Å². The molecule has 0 bridgehead atoms. The molecule has 0 spiro atoms. The number of carbonyl (C=O) groups is 1. The number of piperidine rings is 1. The number of hydrogen-bond donors (Lipinski definition) is 2. The van der Waals surface area contributed by atoms with Crippen molar-refractivity contribution in [3.8, 4) is 5.75 Å². The number of benzene rings is 1. The SMILES string of the molecule is O=C(CN1CCC(OCCO)CC1)c1ccc(O)cc1. The van der Waals surface area contributed by atoms with Gasteiger partial charge in [-0.2, -0.15) is 0 Å². The molecule has 0 amide bonds. The van der Waals surface area contributed by atoms with E-state index in [1.165, 1.54) is 12.1 Å². The lowest BCUT2D eigenvalue weighted by Crippen LogP contribution is -2.40. The number of rotatable bonds is 6. The number of nitrogens with zero attached hydrogens (tertiary/aromatic N) is 1. The van der Waals surface area contributed by atoms with Crippen LogP contribution < -0.4 is 0 Å². The van der Waals surface area contributed by atoms with E-state index >= 15 is 0 Å². The largest absolute Gasteiger partial charge is 0.508 e. The number of hydrogen-bond acceptors (Lipinski definition) is 5. The number of likely N-dealkylation sites (tertiary alicyclic amines) is 1. The average molecular weight is 279 g/mol. The van der Waals surface area contributed by atoms with E-state index in [0.717, 1.165) is 25.9 Å². The molecule has 0 atom stereocenters. The third kappa shape index (κ3) is 4.30. The van der Waals surface area contributed by atoms with E-state index in [2.05, 4.69) is 4.90 Å². The third-order valence-corrected chi connectivity index (χ3v) is 3.54. The van der Waals surface area contributed by atoms with Crippen molar-refractivity contribution in [3.63, 3.8) is 0 Å². The zero-order valence-electron chi connectivity index (χ0n) is 11.5. The van der Waals surface area contributed by atoms with E-state index in [1.54, 1.807) is 12.1 Å². The molecule has 0 radical (unpaired) electrons. The number of aliphatic hydroxyl groups excluding tert-OH is 1. The van der Waals surface area contributed by atoms with Crippen LogP contribution in [0.3, 0.4) is 0 Å². The minimum Gasteiger partial charge on any atom is -0.508 e. The summed E-state index contributed by atoms with van der Waals surface area (Å²) in [5.74, 6) is 0.239. The molecule has 1 aliphatic heterocycles. The predicted octanol–water partition coefficient (Wildman–Crippen LogP) is 1.05. The first kappa shape index (κ1) is 15.0. The maximum absolute atomic E-state index is 12.1. The highest BCUT2D eigenvalue weighted by atomic mass is 16.5. The Kier molecular flexibility index (Phi) is 5.52. The molecule has 0 unspecified atom stereocenters. The quantitative estimate of drug-likeness (QED) is 0.762. The van der Waals surface area contributed by atoms with Gasteiger partial charge in [-0.3, -0.25) is 9.69 Å². The van der Waals surface area contributed by atoms with Crippen LogP contribution in [-0.4, -0.2) is 59.8 Å². The lowest BCUT2D eigenvalue weighted by molar-refractivity contribution is -0.00689. The van der Waals surface area contributed by atoms with Crippen LogP contribution in [0.2, 0.25) is 0 Å². The van der Waals surface area contributed by atoms with Gasteiger partial charge in [-0.15, -0.1) is 0 Å². The highest BCUT2D eigenvalue weighted by molar-refractivity contribution is 5.97. The number of ketones is 1. The van der Waals surface area contributed by atoms with Crippen molar-refractivity contribution in [2.24, 2.45) is 0 Å². The van der Waals surface area contributed by atoms with Gasteiger partial charge in [0.15, 0.2) is 5.78 Å². The van der Waals surface area contributed by atoms with Gasteiger partial charge in [0, 0.05) is 18.7 Å². The van der Waals surface area contributed by atoms with Crippen LogP contribution in [0.1, 0.15) is 23.2 Å². The van der Waals surface area contributed by atoms with Crippen LogP contribution >= 0.6 is 0 Å². The first-order chi connectivity index (χ1) is 9.69. The third-order valence-electron chi connectivity index (χ3n) is 3.54. The van der Waals surface area contributed by atoms with Crippen molar-refractivity contribution in [2.45, 2.75) is 18.9 Å². The van der Waals surface area contributed by atoms with Crippen molar-refractivity contribution in [1.82, 2.24) is 4.90 Å². The number of phenols is 1. The molecule has 1 fully saturated rings. The summed E-state index contributed by atoms with van der Waals surface area (Å²) in [5, 5.41) is 17.9. The number of ether oxygens (including phenoxy) is 1. The molecule has 0 saturated carbocycles. The molecule has 1 heterocycles. The number of phenolic OH excluding ortho intramolecular Hbond substituents is 1. The standard InChI is InChI=1S/C15H21NO4/c17-9-10-20-14-5-7-16(8-6-14)11-15(19)12-1-3-13(18)4-2-12/h1-4,14,17-18H,5-11H2. The second kappa shape index (κ2) is 7.38. The molecule has 5 heteroatoms. The van der Waals surface area contributed by atoms with Gasteiger partial charge in [0.1, 0.15) is 5.75 Å². The Labute approximate surface area is 118 Å². The van der Waals surface area contributed by atoms with Crippen LogP contribution in [0, 0.1) is 0 Å². The second-order valence-electron chi connectivity index (χ2n) is 5.04. The van der Waals surface area contributed by atoms with E-state index in [4.69, 9.17) is 9.84 Å². The summed E-state index contributed by atoms with van der Waals surface area (Å²) in [6.07, 6.45) is 1.98. The van der Waals surface area contributed by atoms with Crippen LogP contribution in [-0.2, 0) is 4.74 Å². The van der Waals surface area contributed by atoms with Gasteiger partial charge in [0.25, 0.3) is 0 Å². The summed E-state index contributed by atoms with van der Waals surface area (Å²) in [6.45, 7) is 2.51. The molecule has 2 N–H and O–H groups in total. The van der Waals surface area contributed by atoms with Crippen molar-refractivity contribution in [1.29, 1.82) is 0 Å². The van der Waals surface area contributed by atoms with Crippen molar-refractivity contribution in [2.75, 3.05) is 32.8 Å². The predicted molar refractivity (Wildman–Crippen MR) is 74.9 cm³/mol. The molecule has 0 aliphatic carbocycles. The zero-order chi connectivity index (χ0) is 14.4. The average Bonchev–Trinajstić information content (AvgIpc) is 2.47. The zero-order valence-corrected chi connectivity index (χ0v) is 11.5. The van der Waals surface area contributed by atoms with E-state index in [1.807, 2.05) is 0 Å². The maximum atomic E-state index is 12.1. The first-order valence-electron chi connectivity index (χ1n) is 6.96. The Morgan fingerprint density at radius 2 is 1.90 bits per heavy atom. The fourth-order valence-corrected chi connectivity index (χ4v) is 2.40. The van der Waals surface area contributed by atoms with Crippen molar-refractivity contribution < 1.29 is 19.7 Å². The van der Waals surface area contributed by atoms with E-state index in [0.29, 0.717) is 18.7 Å². The number of aromatic hydroxyl groups is 1. The minimum absolute atomic E-state index is 0.0551. The number of carbonyl (C=O) groups excluding carboxylic acids is 1. The lowest BCUT2D eigenvalue weighted by atomic mass is 10.1. The molecule has 20 heavy (non-hydrogen) atoms. The fourth-order valence-electron chi connectivity index (χ4n) is 2.40. The van der Waals surface area contributed by atoms with Gasteiger partial charge in [0.2, 0.25) is 0 Å². The van der Waals surface area contributed by atoms with Gasteiger partial charge >= 0.3 is 0 Å². The molecule has 5 nitrogen and oxygen atoms in total. The van der Waals surface area contributed by atoms with Gasteiger partial charge in [-0.05, 0) is 37.1 Å². The smallest absolute Gasteiger partial charge is 0.176 e. The normalized spacial score (nSPS) is 17.2. The van der Waals surface area contributed by atoms with Gasteiger partial charge < -0.3 is 14.9 Å². The number of Topliss-reactive ketones (excluding diaryl/α,β-unsaturated/α-hetero) is 1. The van der Waals surface area contributed by atoms with Crippen LogP contribution in [0.5, 0.6) is 5.75 Å². The Balaban J connectivity index is 1.77. The molecule has 1 aromatic rings. The summed E-state index contributed by atoms with van der Waals surface area (Å²) < 4.78 is 5.49. The summed E-state index contributed by atoms with van der Waals surface area (Å²) >= 11 is 0. The Morgan fingerprint density at radius 3 is 2.50 bits per heavy atom. The first-order valence-corrected chi connectivity index (χ1v) is 6.96. The topological polar surface area (TPSA) is 70.0 Å². The summed E-state index contributed by atoms with van der Waals surface area (Å²) in [7, 11) is 0. The monoisotopic (exact) mass is 279 g/mol. The van der Waals surface area contributed by atoms with Crippen LogP contribution in [0.25, 0.3) is 0 Å². The molecular weight excluding hydrogens is 258 g/mol. The van der Waals surface area contributed by atoms with Crippen molar-refractivity contribution in [3.05, 3.63) is 29.8 Å². The second-order valence-corrected chi connectivity index (χ2v) is 5.04. The lowest BCUT2D eigenvalue weighted by Gasteiger charge is -2.31. The van der Waals surface area contributed by atoms with Crippen LogP contribution in [0.15, 0.2) is 24.3 Å².